The third-order valence-corrected chi connectivity index (χ3v) is 7.50. The van der Waals surface area contributed by atoms with Gasteiger partial charge in [0.05, 0.1) is 18.7 Å². The van der Waals surface area contributed by atoms with Gasteiger partial charge in [-0.2, -0.15) is 0 Å². The van der Waals surface area contributed by atoms with Crippen LogP contribution in [0.3, 0.4) is 0 Å². The van der Waals surface area contributed by atoms with Crippen LogP contribution >= 0.6 is 0 Å². The highest BCUT2D eigenvalue weighted by atomic mass is 16.5. The van der Waals surface area contributed by atoms with E-state index in [9.17, 15) is 4.79 Å². The average Bonchev–Trinajstić information content (AvgIpc) is 2.80. The van der Waals surface area contributed by atoms with Gasteiger partial charge in [-0.3, -0.25) is 4.79 Å². The summed E-state index contributed by atoms with van der Waals surface area (Å²) in [6.07, 6.45) is 19.3. The van der Waals surface area contributed by atoms with Crippen LogP contribution in [0.5, 0.6) is 11.6 Å². The van der Waals surface area contributed by atoms with Crippen LogP contribution in [0, 0.1) is 23.7 Å². The molecule has 2 aliphatic rings. The molecule has 0 radical (unpaired) electrons. The third-order valence-electron chi connectivity index (χ3n) is 7.50. The van der Waals surface area contributed by atoms with E-state index in [0.717, 1.165) is 43.4 Å². The SMILES string of the molecule is CCCCOc1ccc(OC(=O)C2CCC(CCC3CCC(CCC)CC3)CC2)cn1. The summed E-state index contributed by atoms with van der Waals surface area (Å²) in [5.41, 5.74) is 0. The fourth-order valence-corrected chi connectivity index (χ4v) is 5.41. The van der Waals surface area contributed by atoms with Crippen molar-refractivity contribution in [2.45, 2.75) is 104 Å². The first-order valence-corrected chi connectivity index (χ1v) is 13.0. The van der Waals surface area contributed by atoms with Crippen molar-refractivity contribution in [1.29, 1.82) is 0 Å². The smallest absolute Gasteiger partial charge is 0.314 e. The van der Waals surface area contributed by atoms with E-state index in [1.165, 1.54) is 64.2 Å². The summed E-state index contributed by atoms with van der Waals surface area (Å²) in [5, 5.41) is 0. The molecule has 0 amide bonds. The van der Waals surface area contributed by atoms with E-state index in [-0.39, 0.29) is 11.9 Å². The molecule has 4 nitrogen and oxygen atoms in total. The molecule has 3 rings (SSSR count). The van der Waals surface area contributed by atoms with Crippen molar-refractivity contribution in [3.8, 4) is 11.6 Å². The molecule has 0 atom stereocenters. The first-order valence-electron chi connectivity index (χ1n) is 13.0. The monoisotopic (exact) mass is 429 g/mol. The minimum absolute atomic E-state index is 0.0428. The Balaban J connectivity index is 1.31. The number of rotatable bonds is 11. The van der Waals surface area contributed by atoms with Crippen LogP contribution in [0.2, 0.25) is 0 Å². The van der Waals surface area contributed by atoms with E-state index in [1.807, 2.05) is 0 Å². The zero-order valence-corrected chi connectivity index (χ0v) is 19.8. The molecule has 0 bridgehead atoms. The van der Waals surface area contributed by atoms with E-state index in [1.54, 1.807) is 18.3 Å². The summed E-state index contributed by atoms with van der Waals surface area (Å²) >= 11 is 0. The highest BCUT2D eigenvalue weighted by Crippen LogP contribution is 2.37. The molecule has 1 heterocycles. The number of ether oxygens (including phenoxy) is 2. The number of unbranched alkanes of at least 4 members (excludes halogenated alkanes) is 1. The summed E-state index contributed by atoms with van der Waals surface area (Å²) in [4.78, 5) is 16.8. The Morgan fingerprint density at radius 1 is 0.871 bits per heavy atom. The van der Waals surface area contributed by atoms with Crippen LogP contribution in [0.1, 0.15) is 104 Å². The maximum absolute atomic E-state index is 12.6. The Morgan fingerprint density at radius 2 is 1.48 bits per heavy atom. The van der Waals surface area contributed by atoms with E-state index >= 15 is 0 Å². The minimum Gasteiger partial charge on any atom is -0.478 e. The Bertz CT molecular complexity index is 628. The maximum atomic E-state index is 12.6. The lowest BCUT2D eigenvalue weighted by atomic mass is 9.75. The molecule has 2 aliphatic carbocycles. The number of esters is 1. The minimum atomic E-state index is -0.0888. The van der Waals surface area contributed by atoms with Gasteiger partial charge in [0.15, 0.2) is 0 Å². The Labute approximate surface area is 189 Å². The molecule has 4 heteroatoms. The van der Waals surface area contributed by atoms with Crippen LogP contribution < -0.4 is 9.47 Å². The first-order chi connectivity index (χ1) is 15.2. The number of aromatic nitrogens is 1. The van der Waals surface area contributed by atoms with Gasteiger partial charge in [-0.25, -0.2) is 4.98 Å². The fraction of sp³-hybridized carbons (Fsp3) is 0.778. The predicted octanol–water partition coefficient (Wildman–Crippen LogP) is 7.36. The summed E-state index contributed by atoms with van der Waals surface area (Å²) < 4.78 is 11.2. The van der Waals surface area contributed by atoms with Crippen molar-refractivity contribution in [1.82, 2.24) is 4.98 Å². The maximum Gasteiger partial charge on any atom is 0.314 e. The molecule has 174 valence electrons. The second-order valence-corrected chi connectivity index (χ2v) is 9.93. The molecular weight excluding hydrogens is 386 g/mol. The molecule has 0 N–H and O–H groups in total. The largest absolute Gasteiger partial charge is 0.478 e. The van der Waals surface area contributed by atoms with Gasteiger partial charge in [0.1, 0.15) is 5.75 Å². The molecule has 0 aromatic carbocycles. The van der Waals surface area contributed by atoms with Crippen LogP contribution in [-0.2, 0) is 4.79 Å². The molecule has 1 aromatic heterocycles. The van der Waals surface area contributed by atoms with Crippen molar-refractivity contribution in [2.75, 3.05) is 6.61 Å². The lowest BCUT2D eigenvalue weighted by Crippen LogP contribution is -2.26. The molecule has 0 unspecified atom stereocenters. The van der Waals surface area contributed by atoms with Crippen LogP contribution in [0.4, 0.5) is 0 Å². The number of hydrogen-bond donors (Lipinski definition) is 0. The number of hydrogen-bond acceptors (Lipinski definition) is 4. The summed E-state index contributed by atoms with van der Waals surface area (Å²) in [5.74, 6) is 3.83. The summed E-state index contributed by atoms with van der Waals surface area (Å²) in [6, 6.07) is 3.57. The number of carbonyl (C=O) groups is 1. The number of carbonyl (C=O) groups excluding carboxylic acids is 1. The Morgan fingerprint density at radius 3 is 2.03 bits per heavy atom. The topological polar surface area (TPSA) is 48.4 Å². The molecule has 31 heavy (non-hydrogen) atoms. The molecule has 0 spiro atoms. The zero-order valence-electron chi connectivity index (χ0n) is 19.8. The van der Waals surface area contributed by atoms with Gasteiger partial charge in [0.2, 0.25) is 5.88 Å². The predicted molar refractivity (Wildman–Crippen MR) is 125 cm³/mol. The van der Waals surface area contributed by atoms with Crippen molar-refractivity contribution >= 4 is 5.97 Å². The van der Waals surface area contributed by atoms with Gasteiger partial charge in [-0.05, 0) is 55.9 Å². The molecule has 0 aliphatic heterocycles. The second kappa shape index (κ2) is 13.1. The highest BCUT2D eigenvalue weighted by molar-refractivity contribution is 5.75. The van der Waals surface area contributed by atoms with Crippen LogP contribution in [-0.4, -0.2) is 17.6 Å². The van der Waals surface area contributed by atoms with Gasteiger partial charge < -0.3 is 9.47 Å². The van der Waals surface area contributed by atoms with Gasteiger partial charge >= 0.3 is 5.97 Å². The molecular formula is C27H43NO3. The van der Waals surface area contributed by atoms with Crippen molar-refractivity contribution in [2.24, 2.45) is 23.7 Å². The van der Waals surface area contributed by atoms with Crippen molar-refractivity contribution < 1.29 is 14.3 Å². The van der Waals surface area contributed by atoms with Crippen molar-refractivity contribution in [3.05, 3.63) is 18.3 Å². The van der Waals surface area contributed by atoms with E-state index in [0.29, 0.717) is 18.2 Å². The van der Waals surface area contributed by atoms with Crippen LogP contribution in [0.15, 0.2) is 18.3 Å². The second-order valence-electron chi connectivity index (χ2n) is 9.93. The number of pyridine rings is 1. The quantitative estimate of drug-likeness (QED) is 0.272. The molecule has 2 fully saturated rings. The highest BCUT2D eigenvalue weighted by Gasteiger charge is 2.29. The lowest BCUT2D eigenvalue weighted by Gasteiger charge is -2.31. The molecule has 1 aromatic rings. The molecule has 0 saturated heterocycles. The van der Waals surface area contributed by atoms with Crippen LogP contribution in [0.25, 0.3) is 0 Å². The van der Waals surface area contributed by atoms with E-state index in [4.69, 9.17) is 9.47 Å². The number of nitrogens with zero attached hydrogens (tertiary/aromatic N) is 1. The Kier molecular flexibility index (Phi) is 10.2. The summed E-state index contributed by atoms with van der Waals surface area (Å²) in [6.45, 7) is 5.12. The Hall–Kier alpha value is -1.58. The van der Waals surface area contributed by atoms with Gasteiger partial charge in [0.25, 0.3) is 0 Å². The summed E-state index contributed by atoms with van der Waals surface area (Å²) in [7, 11) is 0. The zero-order chi connectivity index (χ0) is 21.9. The fourth-order valence-electron chi connectivity index (χ4n) is 5.41. The van der Waals surface area contributed by atoms with E-state index in [2.05, 4.69) is 18.8 Å². The molecule has 2 saturated carbocycles. The standard InChI is InChI=1S/C27H43NO3/c1-3-5-19-30-26-18-17-25(20-28-26)31-27(29)24-15-13-23(14-16-24)12-11-22-9-7-21(6-4-2)8-10-22/h17-18,20-24H,3-16,19H2,1-2H3. The normalized spacial score (nSPS) is 26.4. The first kappa shape index (κ1) is 24.1. The van der Waals surface area contributed by atoms with Gasteiger partial charge in [-0.15, -0.1) is 0 Å². The van der Waals surface area contributed by atoms with Crippen molar-refractivity contribution in [3.63, 3.8) is 0 Å². The lowest BCUT2D eigenvalue weighted by molar-refractivity contribution is -0.140. The average molecular weight is 430 g/mol. The van der Waals surface area contributed by atoms with E-state index < -0.39 is 0 Å². The van der Waals surface area contributed by atoms with Gasteiger partial charge in [0, 0.05) is 6.07 Å². The van der Waals surface area contributed by atoms with Gasteiger partial charge in [-0.1, -0.05) is 71.6 Å². The third kappa shape index (κ3) is 8.12.